The van der Waals surface area contributed by atoms with Gasteiger partial charge in [-0.25, -0.2) is 0 Å². The van der Waals surface area contributed by atoms with Crippen LogP contribution >= 0.6 is 11.3 Å². The molecule has 1 heterocycles. The molecule has 1 aromatic heterocycles. The van der Waals surface area contributed by atoms with Gasteiger partial charge in [-0.15, -0.1) is 11.3 Å². The Kier molecular flexibility index (Phi) is 4.03. The molecule has 3 aromatic rings. The van der Waals surface area contributed by atoms with Crippen molar-refractivity contribution in [2.45, 2.75) is 19.3 Å². The molecule has 0 aliphatic heterocycles. The molecular formula is C18H19NS. The fraction of sp³-hybridized carbons (Fsp3) is 0.222. The lowest BCUT2D eigenvalue weighted by molar-refractivity contribution is 0.706. The van der Waals surface area contributed by atoms with Gasteiger partial charge in [0.25, 0.3) is 0 Å². The SMILES string of the molecule is CC(CCNc1ccc2sccc2c1)c1ccccc1. The van der Waals surface area contributed by atoms with Crippen molar-refractivity contribution in [2.75, 3.05) is 11.9 Å². The highest BCUT2D eigenvalue weighted by Crippen LogP contribution is 2.24. The summed E-state index contributed by atoms with van der Waals surface area (Å²) >= 11 is 1.79. The molecule has 1 N–H and O–H groups in total. The Bertz CT molecular complexity index is 672. The number of anilines is 1. The van der Waals surface area contributed by atoms with E-state index >= 15 is 0 Å². The van der Waals surface area contributed by atoms with Crippen LogP contribution in [0.3, 0.4) is 0 Å². The molecule has 1 unspecified atom stereocenters. The van der Waals surface area contributed by atoms with Gasteiger partial charge in [0.2, 0.25) is 0 Å². The largest absolute Gasteiger partial charge is 0.385 e. The van der Waals surface area contributed by atoms with Gasteiger partial charge in [-0.2, -0.15) is 0 Å². The molecule has 0 aliphatic rings. The molecule has 1 nitrogen and oxygen atoms in total. The van der Waals surface area contributed by atoms with Gasteiger partial charge in [-0.3, -0.25) is 0 Å². The van der Waals surface area contributed by atoms with Crippen molar-refractivity contribution in [1.82, 2.24) is 0 Å². The molecule has 0 bridgehead atoms. The van der Waals surface area contributed by atoms with E-state index < -0.39 is 0 Å². The summed E-state index contributed by atoms with van der Waals surface area (Å²) < 4.78 is 1.35. The van der Waals surface area contributed by atoms with Gasteiger partial charge in [0.1, 0.15) is 0 Å². The second kappa shape index (κ2) is 6.10. The molecule has 20 heavy (non-hydrogen) atoms. The highest BCUT2D eigenvalue weighted by atomic mass is 32.1. The number of hydrogen-bond donors (Lipinski definition) is 1. The van der Waals surface area contributed by atoms with Crippen molar-refractivity contribution < 1.29 is 0 Å². The quantitative estimate of drug-likeness (QED) is 0.650. The number of fused-ring (bicyclic) bond motifs is 1. The normalized spacial score (nSPS) is 12.4. The van der Waals surface area contributed by atoms with E-state index in [0.717, 1.165) is 13.0 Å². The van der Waals surface area contributed by atoms with E-state index in [4.69, 9.17) is 0 Å². The van der Waals surface area contributed by atoms with Crippen LogP contribution in [0, 0.1) is 0 Å². The molecule has 1 atom stereocenters. The Morgan fingerprint density at radius 1 is 1.05 bits per heavy atom. The average molecular weight is 281 g/mol. The van der Waals surface area contributed by atoms with Crippen LogP contribution in [0.1, 0.15) is 24.8 Å². The van der Waals surface area contributed by atoms with Crippen LogP contribution in [0.15, 0.2) is 60.0 Å². The molecule has 2 heteroatoms. The molecule has 0 radical (unpaired) electrons. The van der Waals surface area contributed by atoms with E-state index in [1.807, 2.05) is 0 Å². The number of rotatable bonds is 5. The Balaban J connectivity index is 1.57. The highest BCUT2D eigenvalue weighted by Gasteiger charge is 2.04. The summed E-state index contributed by atoms with van der Waals surface area (Å²) in [6.45, 7) is 3.30. The fourth-order valence-electron chi connectivity index (χ4n) is 2.46. The molecule has 0 spiro atoms. The summed E-state index contributed by atoms with van der Waals surface area (Å²) in [5, 5.41) is 7.01. The lowest BCUT2D eigenvalue weighted by Crippen LogP contribution is -2.05. The first-order chi connectivity index (χ1) is 9.83. The van der Waals surface area contributed by atoms with Gasteiger partial charge in [-0.05, 0) is 52.9 Å². The summed E-state index contributed by atoms with van der Waals surface area (Å²) in [6, 6.07) is 19.5. The van der Waals surface area contributed by atoms with Crippen molar-refractivity contribution >= 4 is 27.1 Å². The van der Waals surface area contributed by atoms with E-state index in [9.17, 15) is 0 Å². The van der Waals surface area contributed by atoms with Crippen LogP contribution in [0.5, 0.6) is 0 Å². The Hall–Kier alpha value is -1.80. The minimum atomic E-state index is 0.591. The smallest absolute Gasteiger partial charge is 0.0347 e. The van der Waals surface area contributed by atoms with Crippen LogP contribution in [-0.2, 0) is 0 Å². The van der Waals surface area contributed by atoms with Crippen molar-refractivity contribution in [3.8, 4) is 0 Å². The summed E-state index contributed by atoms with van der Waals surface area (Å²) in [5.74, 6) is 0.591. The number of nitrogens with one attached hydrogen (secondary N) is 1. The van der Waals surface area contributed by atoms with Gasteiger partial charge in [0.15, 0.2) is 0 Å². The maximum Gasteiger partial charge on any atom is 0.0347 e. The number of thiophene rings is 1. The van der Waals surface area contributed by atoms with Crippen molar-refractivity contribution in [2.24, 2.45) is 0 Å². The Morgan fingerprint density at radius 3 is 2.75 bits per heavy atom. The van der Waals surface area contributed by atoms with Crippen LogP contribution in [0.25, 0.3) is 10.1 Å². The van der Waals surface area contributed by atoms with Crippen LogP contribution in [-0.4, -0.2) is 6.54 Å². The standard InChI is InChI=1S/C18H19NS/c1-14(15-5-3-2-4-6-15)9-11-19-17-7-8-18-16(13-17)10-12-20-18/h2-8,10,12-14,19H,9,11H2,1H3. The first-order valence-electron chi connectivity index (χ1n) is 7.09. The second-order valence-electron chi connectivity index (χ2n) is 5.20. The van der Waals surface area contributed by atoms with Gasteiger partial charge in [-0.1, -0.05) is 37.3 Å². The van der Waals surface area contributed by atoms with Crippen LogP contribution < -0.4 is 5.32 Å². The number of hydrogen-bond acceptors (Lipinski definition) is 2. The van der Waals surface area contributed by atoms with Gasteiger partial charge < -0.3 is 5.32 Å². The zero-order valence-corrected chi connectivity index (χ0v) is 12.5. The zero-order chi connectivity index (χ0) is 13.8. The van der Waals surface area contributed by atoms with Crippen LogP contribution in [0.4, 0.5) is 5.69 Å². The summed E-state index contributed by atoms with van der Waals surface area (Å²) in [5.41, 5.74) is 2.64. The molecule has 0 saturated heterocycles. The molecule has 102 valence electrons. The summed E-state index contributed by atoms with van der Waals surface area (Å²) in [7, 11) is 0. The first kappa shape index (κ1) is 13.2. The molecule has 0 aliphatic carbocycles. The average Bonchev–Trinajstić information content (AvgIpc) is 2.95. The van der Waals surface area contributed by atoms with Gasteiger partial charge in [0, 0.05) is 16.9 Å². The van der Waals surface area contributed by atoms with E-state index in [2.05, 4.69) is 72.2 Å². The maximum atomic E-state index is 3.53. The molecular weight excluding hydrogens is 262 g/mol. The monoisotopic (exact) mass is 281 g/mol. The summed E-state index contributed by atoms with van der Waals surface area (Å²) in [6.07, 6.45) is 1.14. The summed E-state index contributed by atoms with van der Waals surface area (Å²) in [4.78, 5) is 0. The second-order valence-corrected chi connectivity index (χ2v) is 6.15. The van der Waals surface area contributed by atoms with Gasteiger partial charge >= 0.3 is 0 Å². The third kappa shape index (κ3) is 3.02. The van der Waals surface area contributed by atoms with Gasteiger partial charge in [0.05, 0.1) is 0 Å². The zero-order valence-electron chi connectivity index (χ0n) is 11.7. The minimum absolute atomic E-state index is 0.591. The van der Waals surface area contributed by atoms with Crippen LogP contribution in [0.2, 0.25) is 0 Å². The molecule has 2 aromatic carbocycles. The Morgan fingerprint density at radius 2 is 1.90 bits per heavy atom. The van der Waals surface area contributed by atoms with Crippen molar-refractivity contribution in [3.05, 3.63) is 65.5 Å². The lowest BCUT2D eigenvalue weighted by Gasteiger charge is -2.13. The van der Waals surface area contributed by atoms with E-state index in [-0.39, 0.29) is 0 Å². The predicted molar refractivity (Wildman–Crippen MR) is 89.8 cm³/mol. The third-order valence-electron chi connectivity index (χ3n) is 3.73. The molecule has 0 saturated carbocycles. The van der Waals surface area contributed by atoms with E-state index in [1.54, 1.807) is 11.3 Å². The minimum Gasteiger partial charge on any atom is -0.385 e. The van der Waals surface area contributed by atoms with E-state index in [1.165, 1.54) is 21.3 Å². The predicted octanol–water partition coefficient (Wildman–Crippen LogP) is 5.51. The van der Waals surface area contributed by atoms with Crippen molar-refractivity contribution in [3.63, 3.8) is 0 Å². The van der Waals surface area contributed by atoms with E-state index in [0.29, 0.717) is 5.92 Å². The molecule has 0 amide bonds. The maximum absolute atomic E-state index is 3.53. The highest BCUT2D eigenvalue weighted by molar-refractivity contribution is 7.17. The Labute approximate surface area is 124 Å². The molecule has 3 rings (SSSR count). The third-order valence-corrected chi connectivity index (χ3v) is 4.63. The first-order valence-corrected chi connectivity index (χ1v) is 7.97. The molecule has 0 fully saturated rings. The topological polar surface area (TPSA) is 12.0 Å². The van der Waals surface area contributed by atoms with Crippen molar-refractivity contribution in [1.29, 1.82) is 0 Å². The number of benzene rings is 2. The fourth-order valence-corrected chi connectivity index (χ4v) is 3.23. The lowest BCUT2D eigenvalue weighted by atomic mass is 9.98.